The van der Waals surface area contributed by atoms with Crippen molar-refractivity contribution >= 4 is 16.8 Å². The van der Waals surface area contributed by atoms with Gasteiger partial charge in [-0.3, -0.25) is 0 Å². The minimum absolute atomic E-state index is 1.11. The smallest absolute Gasteiger partial charge is 0.334 e. The van der Waals surface area contributed by atoms with Gasteiger partial charge in [0, 0.05) is 27.3 Å². The molecule has 1 saturated heterocycles. The van der Waals surface area contributed by atoms with E-state index < -0.39 is 16.8 Å². The van der Waals surface area contributed by atoms with Crippen molar-refractivity contribution in [1.29, 1.82) is 0 Å². The van der Waals surface area contributed by atoms with E-state index in [1.807, 2.05) is 14.2 Å². The fourth-order valence-electron chi connectivity index (χ4n) is 4.49. The Morgan fingerprint density at radius 3 is 1.92 bits per heavy atom. The third kappa shape index (κ3) is 7.36. The second-order valence-electron chi connectivity index (χ2n) is 8.17. The Morgan fingerprint density at radius 2 is 1.42 bits per heavy atom. The molecule has 1 rings (SSSR count). The Hall–Kier alpha value is 0.274. The van der Waals surface area contributed by atoms with Gasteiger partial charge in [0.2, 0.25) is 0 Å². The molecule has 1 aliphatic rings. The van der Waals surface area contributed by atoms with Crippen LogP contribution < -0.4 is 0 Å². The van der Waals surface area contributed by atoms with Crippen molar-refractivity contribution in [3.05, 3.63) is 0 Å². The van der Waals surface area contributed by atoms with Crippen LogP contribution in [0.5, 0.6) is 0 Å². The molecule has 1 aliphatic heterocycles. The van der Waals surface area contributed by atoms with Crippen LogP contribution in [0.4, 0.5) is 0 Å². The molecule has 0 N–H and O–H groups in total. The van der Waals surface area contributed by atoms with Crippen LogP contribution in [0.2, 0.25) is 30.7 Å². The summed E-state index contributed by atoms with van der Waals surface area (Å²) in [5, 5.41) is 0. The zero-order valence-corrected chi connectivity index (χ0v) is 20.6. The summed E-state index contributed by atoms with van der Waals surface area (Å²) in [4.78, 5) is 2.70. The molecule has 0 radical (unpaired) electrons. The molecular formula is C20H46N2O2Si2. The second kappa shape index (κ2) is 12.7. The van der Waals surface area contributed by atoms with Crippen molar-refractivity contribution in [2.75, 3.05) is 46.9 Å². The van der Waals surface area contributed by atoms with Crippen LogP contribution in [0, 0.1) is 0 Å². The van der Waals surface area contributed by atoms with E-state index >= 15 is 0 Å². The van der Waals surface area contributed by atoms with Crippen LogP contribution in [0.1, 0.15) is 52.9 Å². The maximum absolute atomic E-state index is 5.66. The average molecular weight is 403 g/mol. The van der Waals surface area contributed by atoms with Gasteiger partial charge in [-0.25, -0.2) is 0 Å². The third-order valence-electron chi connectivity index (χ3n) is 6.95. The second-order valence-corrected chi connectivity index (χ2v) is 17.0. The summed E-state index contributed by atoms with van der Waals surface area (Å²) in [6.45, 7) is 16.0. The predicted molar refractivity (Wildman–Crippen MR) is 119 cm³/mol. The molecule has 0 atom stereocenters. The molecule has 0 aromatic rings. The van der Waals surface area contributed by atoms with Gasteiger partial charge in [0.05, 0.1) is 0 Å². The lowest BCUT2D eigenvalue weighted by Gasteiger charge is -2.42. The van der Waals surface area contributed by atoms with Crippen LogP contribution in [-0.4, -0.2) is 73.2 Å². The Bertz CT molecular complexity index is 349. The normalized spacial score (nSPS) is 17.2. The molecule has 0 aromatic carbocycles. The van der Waals surface area contributed by atoms with E-state index in [1.54, 1.807) is 0 Å². The SMILES string of the molecule is CC[Si](CC)(CC)N(CCCC[Si](C)(OC)OC)CCN1CCCCC1. The molecular weight excluding hydrogens is 356 g/mol. The van der Waals surface area contributed by atoms with Gasteiger partial charge in [0.1, 0.15) is 8.24 Å². The molecule has 4 nitrogen and oxygen atoms in total. The number of hydrogen-bond acceptors (Lipinski definition) is 4. The average Bonchev–Trinajstić information content (AvgIpc) is 2.70. The molecule has 1 heterocycles. The summed E-state index contributed by atoms with van der Waals surface area (Å²) >= 11 is 0. The summed E-state index contributed by atoms with van der Waals surface area (Å²) < 4.78 is 14.3. The highest BCUT2D eigenvalue weighted by molar-refractivity contribution is 6.77. The molecule has 1 fully saturated rings. The van der Waals surface area contributed by atoms with Crippen molar-refractivity contribution in [2.45, 2.75) is 83.6 Å². The Labute approximate surface area is 166 Å². The Morgan fingerprint density at radius 1 is 0.846 bits per heavy atom. The lowest BCUT2D eigenvalue weighted by Crippen LogP contribution is -2.55. The molecule has 156 valence electrons. The minimum atomic E-state index is -1.90. The van der Waals surface area contributed by atoms with E-state index in [0.29, 0.717) is 0 Å². The largest absolute Gasteiger partial charge is 0.398 e. The van der Waals surface area contributed by atoms with Gasteiger partial charge in [-0.05, 0) is 69.6 Å². The first-order chi connectivity index (χ1) is 12.5. The fraction of sp³-hybridized carbons (Fsp3) is 1.00. The fourth-order valence-corrected chi connectivity index (χ4v) is 10.0. The summed E-state index contributed by atoms with van der Waals surface area (Å²) in [7, 11) is 0.430. The first-order valence-electron chi connectivity index (χ1n) is 11.1. The summed E-state index contributed by atoms with van der Waals surface area (Å²) in [6.07, 6.45) is 6.74. The highest BCUT2D eigenvalue weighted by Crippen LogP contribution is 2.26. The monoisotopic (exact) mass is 402 g/mol. The lowest BCUT2D eigenvalue weighted by molar-refractivity contribution is 0.209. The molecule has 0 bridgehead atoms. The molecule has 0 aliphatic carbocycles. The van der Waals surface area contributed by atoms with Gasteiger partial charge in [0.15, 0.2) is 0 Å². The van der Waals surface area contributed by atoms with Crippen molar-refractivity contribution < 1.29 is 8.85 Å². The molecule has 0 amide bonds. The number of rotatable bonds is 14. The van der Waals surface area contributed by atoms with Crippen LogP contribution in [0.15, 0.2) is 0 Å². The van der Waals surface area contributed by atoms with E-state index in [9.17, 15) is 0 Å². The number of piperidine rings is 1. The maximum Gasteiger partial charge on any atom is 0.334 e. The third-order valence-corrected chi connectivity index (χ3v) is 15.7. The van der Waals surface area contributed by atoms with E-state index in [0.717, 1.165) is 6.04 Å². The zero-order valence-electron chi connectivity index (χ0n) is 18.6. The number of unbranched alkanes of at least 4 members (excludes halogenated alkanes) is 1. The van der Waals surface area contributed by atoms with Crippen molar-refractivity contribution in [3.63, 3.8) is 0 Å². The topological polar surface area (TPSA) is 24.9 Å². The lowest BCUT2D eigenvalue weighted by atomic mass is 10.1. The number of nitrogens with zero attached hydrogens (tertiary/aromatic N) is 2. The standard InChI is InChI=1S/C20H46N2O2Si2/c1-7-26(8-2,9-3)22(19-18-21-15-11-10-12-16-21)17-13-14-20-25(6,23-4)24-5/h7-20H2,1-6H3. The van der Waals surface area contributed by atoms with Gasteiger partial charge >= 0.3 is 8.56 Å². The number of likely N-dealkylation sites (tertiary alicyclic amines) is 1. The van der Waals surface area contributed by atoms with E-state index in [2.05, 4.69) is 36.8 Å². The maximum atomic E-state index is 5.66. The quantitative estimate of drug-likeness (QED) is 0.304. The van der Waals surface area contributed by atoms with E-state index in [-0.39, 0.29) is 0 Å². The molecule has 0 unspecified atom stereocenters. The molecule has 0 saturated carbocycles. The Kier molecular flexibility index (Phi) is 11.9. The summed E-state index contributed by atoms with van der Waals surface area (Å²) in [5.41, 5.74) is 0. The van der Waals surface area contributed by atoms with Crippen molar-refractivity contribution in [2.24, 2.45) is 0 Å². The van der Waals surface area contributed by atoms with Crippen LogP contribution in [-0.2, 0) is 8.85 Å². The Balaban J connectivity index is 2.59. The zero-order chi connectivity index (χ0) is 19.5. The molecule has 0 aromatic heterocycles. The first-order valence-corrected chi connectivity index (χ1v) is 16.2. The van der Waals surface area contributed by atoms with Gasteiger partial charge in [-0.15, -0.1) is 0 Å². The predicted octanol–water partition coefficient (Wildman–Crippen LogP) is 4.92. The van der Waals surface area contributed by atoms with Crippen molar-refractivity contribution in [1.82, 2.24) is 9.47 Å². The molecule has 6 heteroatoms. The van der Waals surface area contributed by atoms with E-state index in [4.69, 9.17) is 8.85 Å². The van der Waals surface area contributed by atoms with Gasteiger partial charge in [-0.1, -0.05) is 33.6 Å². The van der Waals surface area contributed by atoms with Crippen LogP contribution >= 0.6 is 0 Å². The highest BCUT2D eigenvalue weighted by Gasteiger charge is 2.34. The molecule has 0 spiro atoms. The van der Waals surface area contributed by atoms with Gasteiger partial charge in [0.25, 0.3) is 0 Å². The van der Waals surface area contributed by atoms with Gasteiger partial charge < -0.3 is 18.3 Å². The van der Waals surface area contributed by atoms with Crippen molar-refractivity contribution in [3.8, 4) is 0 Å². The van der Waals surface area contributed by atoms with Crippen LogP contribution in [0.25, 0.3) is 0 Å². The van der Waals surface area contributed by atoms with E-state index in [1.165, 1.54) is 83.0 Å². The summed E-state index contributed by atoms with van der Waals surface area (Å²) in [5.74, 6) is 0. The number of hydrogen-bond donors (Lipinski definition) is 0. The highest BCUT2D eigenvalue weighted by atomic mass is 28.4. The van der Waals surface area contributed by atoms with Crippen LogP contribution in [0.3, 0.4) is 0 Å². The minimum Gasteiger partial charge on any atom is -0.398 e. The summed E-state index contributed by atoms with van der Waals surface area (Å²) in [6, 6.07) is 5.28. The molecule has 26 heavy (non-hydrogen) atoms. The van der Waals surface area contributed by atoms with Gasteiger partial charge in [-0.2, -0.15) is 0 Å². The first kappa shape index (κ1) is 24.3.